The number of guanidine groups is 1. The summed E-state index contributed by atoms with van der Waals surface area (Å²) in [5.41, 5.74) is 23.4. The number of ketones is 1. The van der Waals surface area contributed by atoms with Crippen LogP contribution in [-0.4, -0.2) is 46.8 Å². The second kappa shape index (κ2) is 11.8. The molecule has 1 heterocycles. The first kappa shape index (κ1) is 24.8. The van der Waals surface area contributed by atoms with Crippen LogP contribution in [0.2, 0.25) is 5.15 Å². The third-order valence-electron chi connectivity index (χ3n) is 4.40. The monoisotopic (exact) mass is 462 g/mol. The van der Waals surface area contributed by atoms with Crippen molar-refractivity contribution < 1.29 is 14.3 Å². The molecule has 0 fully saturated rings. The number of nitrogens with one attached hydrogen (secondary N) is 1. The molecule has 0 saturated heterocycles. The van der Waals surface area contributed by atoms with Crippen molar-refractivity contribution in [3.8, 4) is 5.75 Å². The first-order valence-corrected chi connectivity index (χ1v) is 10.2. The van der Waals surface area contributed by atoms with E-state index in [1.807, 2.05) is 24.3 Å². The zero-order chi connectivity index (χ0) is 23.7. The van der Waals surface area contributed by atoms with Gasteiger partial charge in [-0.1, -0.05) is 23.7 Å². The highest BCUT2D eigenvalue weighted by Crippen LogP contribution is 2.18. The van der Waals surface area contributed by atoms with Crippen molar-refractivity contribution >= 4 is 40.9 Å². The molecule has 1 atom stereocenters. The van der Waals surface area contributed by atoms with Gasteiger partial charge in [0.05, 0.1) is 6.04 Å². The molecule has 1 aromatic carbocycles. The molecule has 1 unspecified atom stereocenters. The minimum atomic E-state index is -0.770. The van der Waals surface area contributed by atoms with Gasteiger partial charge in [0.1, 0.15) is 18.1 Å². The van der Waals surface area contributed by atoms with Crippen LogP contribution in [0.3, 0.4) is 0 Å². The summed E-state index contributed by atoms with van der Waals surface area (Å²) in [7, 11) is 0. The number of aryl methyl sites for hydroxylation is 1. The van der Waals surface area contributed by atoms with Gasteiger partial charge in [0.2, 0.25) is 0 Å². The van der Waals surface area contributed by atoms with Crippen LogP contribution in [-0.2, 0) is 11.2 Å². The number of aliphatic imine (C=N–C) groups is 1. The number of benzene rings is 1. The lowest BCUT2D eigenvalue weighted by Gasteiger charge is -2.11. The maximum atomic E-state index is 12.1. The average molecular weight is 463 g/mol. The van der Waals surface area contributed by atoms with Crippen LogP contribution in [0.5, 0.6) is 5.75 Å². The standard InChI is InChI=1S/C20H27ClN8O3/c1-11(30)14(22)10-32-13-7-5-12(6-8-13)4-2-3-9-26-20(25)29-19(31)15-17(23)28-18(24)16(21)27-15/h5-8,14H,2-4,9-10,22H2,1H3,(H4,23,24,28)(H3,25,26,29,31). The number of amides is 1. The van der Waals surface area contributed by atoms with E-state index in [0.29, 0.717) is 12.3 Å². The van der Waals surface area contributed by atoms with Gasteiger partial charge < -0.3 is 33.0 Å². The zero-order valence-electron chi connectivity index (χ0n) is 17.7. The lowest BCUT2D eigenvalue weighted by molar-refractivity contribution is -0.118. The topological polar surface area (TPSA) is 198 Å². The summed E-state index contributed by atoms with van der Waals surface area (Å²) in [6.07, 6.45) is 2.53. The van der Waals surface area contributed by atoms with Crippen molar-refractivity contribution in [1.29, 1.82) is 0 Å². The van der Waals surface area contributed by atoms with Crippen molar-refractivity contribution in [1.82, 2.24) is 15.3 Å². The van der Waals surface area contributed by atoms with Gasteiger partial charge in [-0.15, -0.1) is 0 Å². The maximum absolute atomic E-state index is 12.1. The van der Waals surface area contributed by atoms with Gasteiger partial charge in [0.25, 0.3) is 0 Å². The summed E-state index contributed by atoms with van der Waals surface area (Å²) < 4.78 is 5.50. The Morgan fingerprint density at radius 3 is 2.50 bits per heavy atom. The SMILES string of the molecule is CC(=O)C(N)COc1ccc(CCCCN/C(N)=N/C(=O)c2nc(Cl)c(N)nc2N)cc1. The van der Waals surface area contributed by atoms with Crippen molar-refractivity contribution in [3.05, 3.63) is 40.7 Å². The molecule has 2 rings (SSSR count). The van der Waals surface area contributed by atoms with Crippen LogP contribution in [0.15, 0.2) is 29.3 Å². The third kappa shape index (κ3) is 7.67. The van der Waals surface area contributed by atoms with Gasteiger partial charge in [0.15, 0.2) is 28.4 Å². The van der Waals surface area contributed by atoms with Gasteiger partial charge in [-0.25, -0.2) is 9.97 Å². The number of nitrogen functional groups attached to an aromatic ring is 2. The highest BCUT2D eigenvalue weighted by molar-refractivity contribution is 6.31. The number of rotatable bonds is 10. The van der Waals surface area contributed by atoms with E-state index in [-0.39, 0.29) is 40.8 Å². The summed E-state index contributed by atoms with van der Waals surface area (Å²) in [6, 6.07) is 6.98. The third-order valence-corrected chi connectivity index (χ3v) is 4.68. The van der Waals surface area contributed by atoms with E-state index in [9.17, 15) is 9.59 Å². The molecule has 0 aliphatic carbocycles. The van der Waals surface area contributed by atoms with E-state index in [0.717, 1.165) is 24.8 Å². The Kier molecular flexibility index (Phi) is 9.17. The smallest absolute Gasteiger partial charge is 0.302 e. The number of nitrogens with two attached hydrogens (primary N) is 4. The lowest BCUT2D eigenvalue weighted by atomic mass is 10.1. The predicted molar refractivity (Wildman–Crippen MR) is 123 cm³/mol. The number of carbonyl (C=O) groups is 2. The second-order valence-corrected chi connectivity index (χ2v) is 7.35. The van der Waals surface area contributed by atoms with E-state index in [1.54, 1.807) is 0 Å². The molecule has 1 aromatic heterocycles. The first-order chi connectivity index (χ1) is 15.2. The fourth-order valence-electron chi connectivity index (χ4n) is 2.53. The highest BCUT2D eigenvalue weighted by atomic mass is 35.5. The Balaban J connectivity index is 1.72. The van der Waals surface area contributed by atoms with E-state index < -0.39 is 11.9 Å². The van der Waals surface area contributed by atoms with Gasteiger partial charge in [-0.2, -0.15) is 4.99 Å². The van der Waals surface area contributed by atoms with Crippen molar-refractivity contribution in [2.75, 3.05) is 24.6 Å². The van der Waals surface area contributed by atoms with Crippen LogP contribution in [0, 0.1) is 0 Å². The van der Waals surface area contributed by atoms with Crippen LogP contribution in [0.1, 0.15) is 35.8 Å². The molecule has 0 saturated carbocycles. The molecule has 0 aliphatic heterocycles. The van der Waals surface area contributed by atoms with E-state index in [4.69, 9.17) is 39.3 Å². The van der Waals surface area contributed by atoms with Crippen LogP contribution in [0.25, 0.3) is 0 Å². The molecule has 32 heavy (non-hydrogen) atoms. The summed E-state index contributed by atoms with van der Waals surface area (Å²) in [5.74, 6) is -0.532. The van der Waals surface area contributed by atoms with E-state index in [1.165, 1.54) is 6.92 Å². The number of Topliss-reactive ketones (excluding diaryl/α,β-unsaturated/α-hetero) is 1. The number of unbranched alkanes of at least 4 members (excludes halogenated alkanes) is 1. The minimum Gasteiger partial charge on any atom is -0.492 e. The number of carbonyl (C=O) groups excluding carboxylic acids is 2. The molecule has 1 amide bonds. The zero-order valence-corrected chi connectivity index (χ0v) is 18.4. The fourth-order valence-corrected chi connectivity index (χ4v) is 2.65. The fraction of sp³-hybridized carbons (Fsp3) is 0.350. The number of aromatic nitrogens is 2. The number of halogens is 1. The van der Waals surface area contributed by atoms with Gasteiger partial charge in [-0.05, 0) is 43.9 Å². The van der Waals surface area contributed by atoms with Crippen molar-refractivity contribution in [2.24, 2.45) is 16.5 Å². The highest BCUT2D eigenvalue weighted by Gasteiger charge is 2.15. The average Bonchev–Trinajstić information content (AvgIpc) is 2.74. The lowest BCUT2D eigenvalue weighted by Crippen LogP contribution is -2.34. The predicted octanol–water partition coefficient (Wildman–Crippen LogP) is 0.657. The molecule has 2 aromatic rings. The van der Waals surface area contributed by atoms with Gasteiger partial charge in [0, 0.05) is 6.54 Å². The Hall–Kier alpha value is -3.44. The molecule has 9 N–H and O–H groups in total. The van der Waals surface area contributed by atoms with Crippen molar-refractivity contribution in [2.45, 2.75) is 32.2 Å². The molecule has 11 nitrogen and oxygen atoms in total. The molecule has 172 valence electrons. The molecular formula is C20H27ClN8O3. The molecule has 0 bridgehead atoms. The molecular weight excluding hydrogens is 436 g/mol. The number of anilines is 2. The summed E-state index contributed by atoms with van der Waals surface area (Å²) in [5, 5.41) is 2.73. The molecule has 12 heteroatoms. The quantitative estimate of drug-likeness (QED) is 0.190. The van der Waals surface area contributed by atoms with Crippen LogP contribution in [0.4, 0.5) is 11.6 Å². The Morgan fingerprint density at radius 2 is 1.84 bits per heavy atom. The summed E-state index contributed by atoms with van der Waals surface area (Å²) in [4.78, 5) is 34.5. The van der Waals surface area contributed by atoms with Crippen molar-refractivity contribution in [3.63, 3.8) is 0 Å². The maximum Gasteiger partial charge on any atom is 0.302 e. The molecule has 0 spiro atoms. The Morgan fingerprint density at radius 1 is 1.16 bits per heavy atom. The minimum absolute atomic E-state index is 0.0607. The molecule has 0 aliphatic rings. The second-order valence-electron chi connectivity index (χ2n) is 6.99. The van der Waals surface area contributed by atoms with E-state index >= 15 is 0 Å². The largest absolute Gasteiger partial charge is 0.492 e. The normalized spacial score (nSPS) is 12.3. The summed E-state index contributed by atoms with van der Waals surface area (Å²) >= 11 is 5.76. The Bertz CT molecular complexity index is 982. The number of hydrogen-bond donors (Lipinski definition) is 5. The number of ether oxygens (including phenoxy) is 1. The van der Waals surface area contributed by atoms with Gasteiger partial charge >= 0.3 is 5.91 Å². The molecule has 0 radical (unpaired) electrons. The first-order valence-electron chi connectivity index (χ1n) is 9.86. The van der Waals surface area contributed by atoms with Crippen LogP contribution >= 0.6 is 11.6 Å². The van der Waals surface area contributed by atoms with Crippen LogP contribution < -0.4 is 33.0 Å². The summed E-state index contributed by atoms with van der Waals surface area (Å²) in [6.45, 7) is 2.11. The van der Waals surface area contributed by atoms with Gasteiger partial charge in [-0.3, -0.25) is 9.59 Å². The Labute approximate surface area is 190 Å². The number of hydrogen-bond acceptors (Lipinski definition) is 8. The number of nitrogens with zero attached hydrogens (tertiary/aromatic N) is 3. The van der Waals surface area contributed by atoms with E-state index in [2.05, 4.69) is 20.3 Å².